The molecule has 4 heterocycles. The van der Waals surface area contributed by atoms with Crippen molar-refractivity contribution in [1.29, 1.82) is 0 Å². The van der Waals surface area contributed by atoms with Crippen molar-refractivity contribution in [2.75, 3.05) is 10.2 Å². The van der Waals surface area contributed by atoms with E-state index in [1.807, 2.05) is 0 Å². The Labute approximate surface area is 295 Å². The fourth-order valence-electron chi connectivity index (χ4n) is 8.41. The molecule has 0 spiro atoms. The minimum Gasteiger partial charge on any atom is -0.359 e. The lowest BCUT2D eigenvalue weighted by molar-refractivity contribution is 0.908. The largest absolute Gasteiger partial charge is 0.359 e. The number of rotatable bonds is 4. The van der Waals surface area contributed by atoms with Gasteiger partial charge in [0.1, 0.15) is 6.17 Å². The highest BCUT2D eigenvalue weighted by molar-refractivity contribution is 6.11. The summed E-state index contributed by atoms with van der Waals surface area (Å²) in [4.78, 5) is 2.34. The van der Waals surface area contributed by atoms with Gasteiger partial charge in [-0.25, -0.2) is 0 Å². The van der Waals surface area contributed by atoms with Crippen LogP contribution in [0.4, 0.5) is 11.4 Å². The number of nitrogens with one attached hydrogen (secondary N) is 1. The van der Waals surface area contributed by atoms with Crippen LogP contribution in [0.3, 0.4) is 0 Å². The fraction of sp³-hybridized carbons (Fsp3) is 0.0213. The zero-order valence-electron chi connectivity index (χ0n) is 27.7. The molecule has 2 aliphatic rings. The standard InChI is InChI=1S/C47H32N4/c1-2-14-31(15-3-1)32-28-40(47-45(29-32)49-25-13-12-24-46(49)48-47)33-26-34(50-41-20-8-4-16-36(41)37-17-5-9-21-42(37)50)30-35(27-33)51-43-22-10-6-18-38(43)39-19-7-11-23-44(39)51/h1-30,46,48H. The van der Waals surface area contributed by atoms with Crippen molar-refractivity contribution in [3.63, 3.8) is 0 Å². The van der Waals surface area contributed by atoms with Gasteiger partial charge in [-0.1, -0.05) is 109 Å². The Bertz CT molecular complexity index is 2670. The van der Waals surface area contributed by atoms with Crippen LogP contribution >= 0.6 is 0 Å². The van der Waals surface area contributed by atoms with Gasteiger partial charge in [-0.05, 0) is 83.4 Å². The van der Waals surface area contributed by atoms with Gasteiger partial charge in [-0.15, -0.1) is 0 Å². The number of para-hydroxylation sites is 4. The molecule has 4 nitrogen and oxygen atoms in total. The molecule has 240 valence electrons. The van der Waals surface area contributed by atoms with E-state index in [1.165, 1.54) is 66.0 Å². The summed E-state index contributed by atoms with van der Waals surface area (Å²) >= 11 is 0. The number of allylic oxidation sites excluding steroid dienone is 2. The van der Waals surface area contributed by atoms with E-state index in [0.717, 1.165) is 22.6 Å². The average Bonchev–Trinajstić information content (AvgIpc) is 3.86. The Morgan fingerprint density at radius 3 is 1.49 bits per heavy atom. The molecule has 0 amide bonds. The number of hydrogen-bond donors (Lipinski definition) is 1. The maximum absolute atomic E-state index is 3.88. The minimum absolute atomic E-state index is 0.0621. The Balaban J connectivity index is 1.26. The van der Waals surface area contributed by atoms with Gasteiger partial charge in [0.05, 0.1) is 33.4 Å². The van der Waals surface area contributed by atoms with E-state index in [2.05, 4.69) is 202 Å². The van der Waals surface area contributed by atoms with E-state index in [1.54, 1.807) is 0 Å². The summed E-state index contributed by atoms with van der Waals surface area (Å²) in [6, 6.07) is 57.6. The first kappa shape index (κ1) is 28.1. The molecule has 2 aromatic heterocycles. The van der Waals surface area contributed by atoms with E-state index in [9.17, 15) is 0 Å². The van der Waals surface area contributed by atoms with Gasteiger partial charge in [0.15, 0.2) is 0 Å². The first-order valence-corrected chi connectivity index (χ1v) is 17.6. The van der Waals surface area contributed by atoms with Crippen LogP contribution in [0, 0.1) is 0 Å². The molecule has 0 aliphatic carbocycles. The molecule has 0 saturated carbocycles. The zero-order chi connectivity index (χ0) is 33.5. The SMILES string of the molecule is C1=CC2Nc3c(-c4cc(-n5c6ccccc6c6ccccc65)cc(-n5c6ccccc6c6ccccc65)c4)cc(-c4ccccc4)cc3N2C=C1. The van der Waals surface area contributed by atoms with Crippen molar-refractivity contribution >= 4 is 55.0 Å². The quantitative estimate of drug-likeness (QED) is 0.205. The maximum Gasteiger partial charge on any atom is 0.123 e. The zero-order valence-corrected chi connectivity index (χ0v) is 27.7. The topological polar surface area (TPSA) is 25.1 Å². The summed E-state index contributed by atoms with van der Waals surface area (Å²) in [5.41, 5.74) is 14.0. The van der Waals surface area contributed by atoms with Crippen LogP contribution in [0.15, 0.2) is 182 Å². The third-order valence-electron chi connectivity index (χ3n) is 10.6. The molecule has 0 fully saturated rings. The van der Waals surface area contributed by atoms with Crippen molar-refractivity contribution in [3.8, 4) is 33.6 Å². The number of fused-ring (bicyclic) bond motifs is 9. The molecule has 7 aromatic carbocycles. The van der Waals surface area contributed by atoms with Crippen LogP contribution < -0.4 is 10.2 Å². The molecular formula is C47H32N4. The Morgan fingerprint density at radius 1 is 0.431 bits per heavy atom. The van der Waals surface area contributed by atoms with Gasteiger partial charge in [0.25, 0.3) is 0 Å². The third-order valence-corrected chi connectivity index (χ3v) is 10.6. The van der Waals surface area contributed by atoms with Crippen LogP contribution in [0.1, 0.15) is 0 Å². The average molecular weight is 653 g/mol. The minimum atomic E-state index is 0.0621. The second kappa shape index (κ2) is 10.9. The van der Waals surface area contributed by atoms with Gasteiger partial charge in [-0.3, -0.25) is 0 Å². The molecule has 0 saturated heterocycles. The van der Waals surface area contributed by atoms with Gasteiger partial charge >= 0.3 is 0 Å². The van der Waals surface area contributed by atoms with Crippen molar-refractivity contribution in [3.05, 3.63) is 182 Å². The van der Waals surface area contributed by atoms with Crippen LogP contribution in [-0.2, 0) is 0 Å². The molecule has 11 rings (SSSR count). The maximum atomic E-state index is 3.88. The first-order chi connectivity index (χ1) is 25.3. The normalized spacial score (nSPS) is 14.8. The van der Waals surface area contributed by atoms with Crippen molar-refractivity contribution in [2.24, 2.45) is 0 Å². The molecule has 51 heavy (non-hydrogen) atoms. The molecule has 4 heteroatoms. The lowest BCUT2D eigenvalue weighted by atomic mass is 9.95. The summed E-state index contributed by atoms with van der Waals surface area (Å²) in [6.45, 7) is 0. The van der Waals surface area contributed by atoms with E-state index >= 15 is 0 Å². The molecule has 2 aliphatic heterocycles. The summed E-state index contributed by atoms with van der Waals surface area (Å²) < 4.78 is 4.88. The van der Waals surface area contributed by atoms with E-state index in [4.69, 9.17) is 0 Å². The van der Waals surface area contributed by atoms with Gasteiger partial charge in [-0.2, -0.15) is 0 Å². The first-order valence-electron chi connectivity index (χ1n) is 17.6. The monoisotopic (exact) mass is 652 g/mol. The Morgan fingerprint density at radius 2 is 0.941 bits per heavy atom. The smallest absolute Gasteiger partial charge is 0.123 e. The summed E-state index contributed by atoms with van der Waals surface area (Å²) in [5, 5.41) is 8.89. The Kier molecular flexibility index (Phi) is 5.98. The van der Waals surface area contributed by atoms with Crippen LogP contribution in [0.2, 0.25) is 0 Å². The number of hydrogen-bond acceptors (Lipinski definition) is 2. The van der Waals surface area contributed by atoms with Gasteiger partial charge < -0.3 is 19.4 Å². The van der Waals surface area contributed by atoms with Crippen LogP contribution in [0.5, 0.6) is 0 Å². The fourth-order valence-corrected chi connectivity index (χ4v) is 8.41. The summed E-state index contributed by atoms with van der Waals surface area (Å²) in [6.07, 6.45) is 8.71. The predicted molar refractivity (Wildman–Crippen MR) is 214 cm³/mol. The third kappa shape index (κ3) is 4.20. The highest BCUT2D eigenvalue weighted by atomic mass is 15.3. The lowest BCUT2D eigenvalue weighted by Crippen LogP contribution is -2.30. The second-order valence-electron chi connectivity index (χ2n) is 13.5. The van der Waals surface area contributed by atoms with Crippen LogP contribution in [0.25, 0.3) is 77.2 Å². The number of anilines is 2. The molecule has 9 aromatic rings. The molecule has 1 atom stereocenters. The highest BCUT2D eigenvalue weighted by Crippen LogP contribution is 2.47. The summed E-state index contributed by atoms with van der Waals surface area (Å²) in [5.74, 6) is 0. The lowest BCUT2D eigenvalue weighted by Gasteiger charge is -2.22. The van der Waals surface area contributed by atoms with Gasteiger partial charge in [0.2, 0.25) is 0 Å². The van der Waals surface area contributed by atoms with Crippen molar-refractivity contribution < 1.29 is 0 Å². The molecule has 1 N–H and O–H groups in total. The Hall–Kier alpha value is -6.78. The van der Waals surface area contributed by atoms with E-state index in [-0.39, 0.29) is 6.17 Å². The number of aromatic nitrogens is 2. The van der Waals surface area contributed by atoms with Gasteiger partial charge in [0, 0.05) is 44.7 Å². The van der Waals surface area contributed by atoms with E-state index < -0.39 is 0 Å². The van der Waals surface area contributed by atoms with Crippen molar-refractivity contribution in [2.45, 2.75) is 6.17 Å². The summed E-state index contributed by atoms with van der Waals surface area (Å²) in [7, 11) is 0. The van der Waals surface area contributed by atoms with E-state index in [0.29, 0.717) is 0 Å². The second-order valence-corrected chi connectivity index (χ2v) is 13.5. The molecule has 0 bridgehead atoms. The molecule has 0 radical (unpaired) electrons. The molecule has 1 unspecified atom stereocenters. The number of benzene rings is 7. The van der Waals surface area contributed by atoms with Crippen molar-refractivity contribution in [1.82, 2.24) is 9.13 Å². The highest BCUT2D eigenvalue weighted by Gasteiger charge is 2.30. The predicted octanol–water partition coefficient (Wildman–Crippen LogP) is 11.9. The molecular weight excluding hydrogens is 621 g/mol. The van der Waals surface area contributed by atoms with Crippen LogP contribution in [-0.4, -0.2) is 15.3 Å². The number of nitrogens with zero attached hydrogens (tertiary/aromatic N) is 3.